The van der Waals surface area contributed by atoms with Crippen molar-refractivity contribution >= 4 is 55.0 Å². The highest BCUT2D eigenvalue weighted by molar-refractivity contribution is 6.14. The van der Waals surface area contributed by atoms with E-state index >= 15 is 0 Å². The number of hydrogen-bond donors (Lipinski definition) is 0. The highest BCUT2D eigenvalue weighted by atomic mass is 15.0. The molecule has 72 heavy (non-hydrogen) atoms. The summed E-state index contributed by atoms with van der Waals surface area (Å²) in [6.45, 7) is 15.0. The first-order valence-electron chi connectivity index (χ1n) is 23.1. The molecule has 0 aliphatic heterocycles. The molecule has 0 N–H and O–H groups in total. The third-order valence-electron chi connectivity index (χ3n) is 13.6. The van der Waals surface area contributed by atoms with Crippen molar-refractivity contribution in [1.29, 1.82) is 15.8 Å². The molecule has 0 saturated heterocycles. The molecule has 9 aromatic carbocycles. The van der Waals surface area contributed by atoms with Gasteiger partial charge in [0.25, 0.3) is 0 Å². The van der Waals surface area contributed by atoms with E-state index < -0.39 is 0 Å². The van der Waals surface area contributed by atoms with Crippen LogP contribution in [-0.2, 0) is 0 Å². The van der Waals surface area contributed by atoms with Gasteiger partial charge in [-0.1, -0.05) is 103 Å². The van der Waals surface area contributed by atoms with E-state index in [1.54, 1.807) is 6.20 Å². The molecule has 0 amide bonds. The van der Waals surface area contributed by atoms with Gasteiger partial charge < -0.3 is 9.13 Å². The Morgan fingerprint density at radius 1 is 0.375 bits per heavy atom. The minimum atomic E-state index is 0.461. The van der Waals surface area contributed by atoms with Gasteiger partial charge in [-0.15, -0.1) is 0 Å². The van der Waals surface area contributed by atoms with Crippen LogP contribution in [0.2, 0.25) is 0 Å². The Morgan fingerprint density at radius 3 is 1.11 bits per heavy atom. The number of pyridine rings is 1. The number of nitrogens with zero attached hydrogens (tertiary/aromatic N) is 8. The molecule has 0 radical (unpaired) electrons. The first-order valence-corrected chi connectivity index (χ1v) is 23.1. The lowest BCUT2D eigenvalue weighted by molar-refractivity contribution is 1.13. The third kappa shape index (κ3) is 7.08. The number of nitriles is 3. The van der Waals surface area contributed by atoms with Gasteiger partial charge in [-0.25, -0.2) is 9.69 Å². The topological polar surface area (TPSA) is 103 Å². The van der Waals surface area contributed by atoms with Crippen molar-refractivity contribution in [1.82, 2.24) is 14.1 Å². The maximum absolute atomic E-state index is 11.1. The molecule has 0 atom stereocenters. The third-order valence-corrected chi connectivity index (χ3v) is 13.6. The fourth-order valence-corrected chi connectivity index (χ4v) is 10.1. The van der Waals surface area contributed by atoms with Gasteiger partial charge in [0.1, 0.15) is 0 Å². The van der Waals surface area contributed by atoms with Crippen LogP contribution in [-0.4, -0.2) is 14.1 Å². The summed E-state index contributed by atoms with van der Waals surface area (Å²) in [7, 11) is 0. The molecular weight excluding hydrogens is 881 g/mol. The fraction of sp³-hybridized carbons (Fsp3) is 0. The molecule has 0 aliphatic rings. The summed E-state index contributed by atoms with van der Waals surface area (Å²) in [5.74, 6) is 0. The Morgan fingerprint density at radius 2 is 0.736 bits per heavy atom. The number of fused-ring (bicyclic) bond motifs is 6. The number of hydrogen-bond acceptors (Lipinski definition) is 4. The summed E-state index contributed by atoms with van der Waals surface area (Å²) in [5, 5.41) is 34.2. The normalized spacial score (nSPS) is 11.0. The van der Waals surface area contributed by atoms with E-state index in [2.05, 4.69) is 122 Å². The molecule has 0 fully saturated rings. The van der Waals surface area contributed by atoms with Crippen molar-refractivity contribution in [2.45, 2.75) is 0 Å². The van der Waals surface area contributed by atoms with E-state index in [-0.39, 0.29) is 0 Å². The maximum Gasteiger partial charge on any atom is 0.187 e. The van der Waals surface area contributed by atoms with Crippen LogP contribution in [0.3, 0.4) is 0 Å². The highest BCUT2D eigenvalue weighted by Gasteiger charge is 2.24. The molecule has 12 rings (SSSR count). The first kappa shape index (κ1) is 42.5. The molecule has 3 heterocycles. The minimum absolute atomic E-state index is 0.461. The van der Waals surface area contributed by atoms with Crippen molar-refractivity contribution in [2.24, 2.45) is 0 Å². The monoisotopic (exact) mass is 914 g/mol. The Kier molecular flexibility index (Phi) is 10.3. The predicted octanol–water partition coefficient (Wildman–Crippen LogP) is 16.3. The van der Waals surface area contributed by atoms with Crippen LogP contribution in [0, 0.1) is 47.1 Å². The predicted molar refractivity (Wildman–Crippen MR) is 287 cm³/mol. The van der Waals surface area contributed by atoms with Gasteiger partial charge in [-0.3, -0.25) is 4.98 Å². The van der Waals surface area contributed by atoms with Gasteiger partial charge in [0.2, 0.25) is 0 Å². The average Bonchev–Trinajstić information content (AvgIpc) is 3.96. The molecule has 0 bridgehead atoms. The van der Waals surface area contributed by atoms with E-state index in [0.717, 1.165) is 99.5 Å². The molecule has 0 aliphatic carbocycles. The van der Waals surface area contributed by atoms with Gasteiger partial charge in [0.15, 0.2) is 11.4 Å². The van der Waals surface area contributed by atoms with Gasteiger partial charge >= 0.3 is 0 Å². The summed E-state index contributed by atoms with van der Waals surface area (Å²) in [6, 6.07) is 73.0. The Labute approximate surface area is 414 Å². The Bertz CT molecular complexity index is 4180. The second kappa shape index (κ2) is 17.4. The lowest BCUT2D eigenvalue weighted by Crippen LogP contribution is -2.04. The quantitative estimate of drug-likeness (QED) is 0.149. The van der Waals surface area contributed by atoms with Crippen LogP contribution >= 0.6 is 0 Å². The zero-order valence-electron chi connectivity index (χ0n) is 38.2. The molecule has 8 heteroatoms. The molecule has 12 aromatic rings. The van der Waals surface area contributed by atoms with Crippen LogP contribution in [0.25, 0.3) is 120 Å². The summed E-state index contributed by atoms with van der Waals surface area (Å²) >= 11 is 0. The summed E-state index contributed by atoms with van der Waals surface area (Å²) < 4.78 is 4.47. The average molecular weight is 915 g/mol. The van der Waals surface area contributed by atoms with Crippen molar-refractivity contribution in [3.63, 3.8) is 0 Å². The van der Waals surface area contributed by atoms with E-state index in [1.165, 1.54) is 0 Å². The van der Waals surface area contributed by atoms with Gasteiger partial charge in [0, 0.05) is 33.3 Å². The van der Waals surface area contributed by atoms with Crippen molar-refractivity contribution in [2.75, 3.05) is 0 Å². The highest BCUT2D eigenvalue weighted by Crippen LogP contribution is 2.44. The minimum Gasteiger partial charge on any atom is -0.309 e. The van der Waals surface area contributed by atoms with Crippen molar-refractivity contribution < 1.29 is 0 Å². The van der Waals surface area contributed by atoms with Crippen molar-refractivity contribution in [3.05, 3.63) is 246 Å². The summed E-state index contributed by atoms with van der Waals surface area (Å²) in [4.78, 5) is 12.4. The molecule has 3 aromatic heterocycles. The van der Waals surface area contributed by atoms with Crippen LogP contribution < -0.4 is 0 Å². The second-order valence-electron chi connectivity index (χ2n) is 17.5. The fourth-order valence-electron chi connectivity index (χ4n) is 10.1. The molecular formula is C64H34N8. The van der Waals surface area contributed by atoms with E-state index in [9.17, 15) is 15.8 Å². The molecule has 0 spiro atoms. The molecule has 330 valence electrons. The number of benzene rings is 9. The molecule has 0 unspecified atom stereocenters. The lowest BCUT2D eigenvalue weighted by Gasteiger charge is -2.19. The van der Waals surface area contributed by atoms with E-state index in [0.29, 0.717) is 39.3 Å². The van der Waals surface area contributed by atoms with Crippen LogP contribution in [0.5, 0.6) is 0 Å². The van der Waals surface area contributed by atoms with E-state index in [1.807, 2.05) is 115 Å². The first-order chi connectivity index (χ1) is 35.4. The van der Waals surface area contributed by atoms with Gasteiger partial charge in [-0.05, 0) is 142 Å². The number of aromatic nitrogens is 3. The van der Waals surface area contributed by atoms with Crippen LogP contribution in [0.1, 0.15) is 16.7 Å². The molecule has 0 saturated carbocycles. The zero-order chi connectivity index (χ0) is 48.9. The Balaban J connectivity index is 1.10. The Hall–Kier alpha value is -10.8. The van der Waals surface area contributed by atoms with Gasteiger partial charge in [-0.2, -0.15) is 15.8 Å². The number of rotatable bonds is 7. The largest absolute Gasteiger partial charge is 0.309 e. The lowest BCUT2D eigenvalue weighted by atomic mass is 9.99. The SMILES string of the molecule is [C-]#[N+]c1ccc(-c2ccc3c(c2)c2cc(-c4ccc([N+]#[C-])cc4)ccc2n3-c2cccc(C#N)c2-c2ncccc2-n2c3ccc(-c4ccc(C#N)cc4)cc3c3cc(-c4ccc(C#N)cc4)ccc32)cc1. The van der Waals surface area contributed by atoms with Gasteiger partial charge in [0.05, 0.1) is 87.2 Å². The van der Waals surface area contributed by atoms with E-state index in [4.69, 9.17) is 18.1 Å². The summed E-state index contributed by atoms with van der Waals surface area (Å²) in [6.07, 6.45) is 1.78. The smallest absolute Gasteiger partial charge is 0.187 e. The zero-order valence-corrected chi connectivity index (χ0v) is 38.2. The standard InChI is InChI=1S/C64H34N8/c1-68-51-24-16-44(17-25-51)48-20-28-57-53(35-48)54-36-49(45-18-26-52(69-2)27-19-45)21-29-58(54)71(57)61-6-3-5-50(39-67)63(61)64-62(7-4-32-70-64)72-59-30-22-46(42-12-8-40(37-65)9-13-42)33-55(59)56-34-47(23-31-60(56)72)43-14-10-41(38-66)11-15-43/h3-36H. The van der Waals surface area contributed by atoms with Crippen LogP contribution in [0.15, 0.2) is 206 Å². The van der Waals surface area contributed by atoms with Crippen LogP contribution in [0.4, 0.5) is 11.4 Å². The molecule has 8 nitrogen and oxygen atoms in total. The maximum atomic E-state index is 11.1. The second-order valence-corrected chi connectivity index (χ2v) is 17.5. The summed E-state index contributed by atoms with van der Waals surface area (Å²) in [5.41, 5.74) is 17.3. The van der Waals surface area contributed by atoms with Crippen molar-refractivity contribution in [3.8, 4) is 85.3 Å².